The zero-order valence-corrected chi connectivity index (χ0v) is 12.7. The molecule has 1 amide bonds. The Kier molecular flexibility index (Phi) is 5.01. The number of benzene rings is 1. The molecule has 0 radical (unpaired) electrons. The molecule has 0 aliphatic carbocycles. The van der Waals surface area contributed by atoms with E-state index in [-0.39, 0.29) is 5.91 Å². The zero-order chi connectivity index (χ0) is 14.5. The molecule has 0 atom stereocenters. The Morgan fingerprint density at radius 1 is 1.25 bits per heavy atom. The Morgan fingerprint density at radius 3 is 2.60 bits per heavy atom. The molecule has 0 saturated carbocycles. The summed E-state index contributed by atoms with van der Waals surface area (Å²) in [6, 6.07) is 4.62. The van der Waals surface area contributed by atoms with Crippen molar-refractivity contribution in [2.45, 2.75) is 39.7 Å². The van der Waals surface area contributed by atoms with Gasteiger partial charge in [0, 0.05) is 23.8 Å². The lowest BCUT2D eigenvalue weighted by molar-refractivity contribution is 0.0955. The summed E-state index contributed by atoms with van der Waals surface area (Å²) in [6.07, 6.45) is 2.30. The Bertz CT molecular complexity index is 479. The third-order valence-electron chi connectivity index (χ3n) is 3.85. The van der Waals surface area contributed by atoms with Crippen LogP contribution in [0, 0.1) is 13.8 Å². The molecule has 0 unspecified atom stereocenters. The first-order valence-corrected chi connectivity index (χ1v) is 7.48. The van der Waals surface area contributed by atoms with Crippen molar-refractivity contribution < 1.29 is 4.79 Å². The average Bonchev–Trinajstić information content (AvgIpc) is 2.44. The summed E-state index contributed by atoms with van der Waals surface area (Å²) >= 11 is 0. The van der Waals surface area contributed by atoms with Gasteiger partial charge >= 0.3 is 0 Å². The highest BCUT2D eigenvalue weighted by Gasteiger charge is 2.15. The van der Waals surface area contributed by atoms with Gasteiger partial charge in [0.2, 0.25) is 0 Å². The Balaban J connectivity index is 2.14. The van der Waals surface area contributed by atoms with Gasteiger partial charge in [-0.25, -0.2) is 0 Å². The van der Waals surface area contributed by atoms with Gasteiger partial charge in [-0.2, -0.15) is 0 Å². The summed E-state index contributed by atoms with van der Waals surface area (Å²) in [4.78, 5) is 12.0. The standard InChI is InChI=1S/C16H25N3O/c1-4-18-16(20)14-9-12(3)15(10-11(14)2)19-13-5-7-17-8-6-13/h9-10,13,17,19H,4-8H2,1-3H3,(H,18,20). The molecule has 1 aliphatic rings. The van der Waals surface area contributed by atoms with Crippen molar-refractivity contribution >= 4 is 11.6 Å². The van der Waals surface area contributed by atoms with E-state index in [1.807, 2.05) is 19.9 Å². The van der Waals surface area contributed by atoms with Crippen LogP contribution in [0.15, 0.2) is 12.1 Å². The number of anilines is 1. The molecule has 4 heteroatoms. The topological polar surface area (TPSA) is 53.2 Å². The molecule has 110 valence electrons. The molecule has 1 aromatic carbocycles. The lowest BCUT2D eigenvalue weighted by Crippen LogP contribution is -2.35. The van der Waals surface area contributed by atoms with E-state index in [2.05, 4.69) is 28.9 Å². The van der Waals surface area contributed by atoms with Gasteiger partial charge < -0.3 is 16.0 Å². The number of nitrogens with one attached hydrogen (secondary N) is 3. The summed E-state index contributed by atoms with van der Waals surface area (Å²) in [7, 11) is 0. The molecule has 20 heavy (non-hydrogen) atoms. The van der Waals surface area contributed by atoms with Crippen LogP contribution in [0.5, 0.6) is 0 Å². The molecule has 1 aromatic rings. The Hall–Kier alpha value is -1.55. The van der Waals surface area contributed by atoms with Gasteiger partial charge in [0.05, 0.1) is 0 Å². The number of hydrogen-bond donors (Lipinski definition) is 3. The highest BCUT2D eigenvalue weighted by atomic mass is 16.1. The van der Waals surface area contributed by atoms with Crippen LogP contribution in [0.2, 0.25) is 0 Å². The number of aryl methyl sites for hydroxylation is 2. The van der Waals surface area contributed by atoms with Crippen molar-refractivity contribution in [2.75, 3.05) is 25.0 Å². The predicted molar refractivity (Wildman–Crippen MR) is 83.4 cm³/mol. The lowest BCUT2D eigenvalue weighted by Gasteiger charge is -2.26. The maximum Gasteiger partial charge on any atom is 0.251 e. The molecule has 1 heterocycles. The van der Waals surface area contributed by atoms with E-state index < -0.39 is 0 Å². The van der Waals surface area contributed by atoms with Gasteiger partial charge in [-0.1, -0.05) is 0 Å². The summed E-state index contributed by atoms with van der Waals surface area (Å²) < 4.78 is 0. The van der Waals surface area contributed by atoms with Crippen LogP contribution in [-0.4, -0.2) is 31.6 Å². The average molecular weight is 275 g/mol. The molecular weight excluding hydrogens is 250 g/mol. The number of piperidine rings is 1. The van der Waals surface area contributed by atoms with E-state index in [9.17, 15) is 4.79 Å². The van der Waals surface area contributed by atoms with Gasteiger partial charge in [0.25, 0.3) is 5.91 Å². The Morgan fingerprint density at radius 2 is 1.95 bits per heavy atom. The first-order chi connectivity index (χ1) is 9.61. The van der Waals surface area contributed by atoms with E-state index in [1.165, 1.54) is 0 Å². The summed E-state index contributed by atoms with van der Waals surface area (Å²) in [6.45, 7) is 8.81. The van der Waals surface area contributed by atoms with Gasteiger partial charge in [0.1, 0.15) is 0 Å². The second kappa shape index (κ2) is 6.75. The van der Waals surface area contributed by atoms with Crippen molar-refractivity contribution in [3.8, 4) is 0 Å². The van der Waals surface area contributed by atoms with Crippen LogP contribution in [0.3, 0.4) is 0 Å². The molecule has 0 aromatic heterocycles. The molecule has 2 rings (SSSR count). The largest absolute Gasteiger partial charge is 0.382 e. The van der Waals surface area contributed by atoms with Gasteiger partial charge in [0.15, 0.2) is 0 Å². The zero-order valence-electron chi connectivity index (χ0n) is 12.7. The minimum Gasteiger partial charge on any atom is -0.382 e. The van der Waals surface area contributed by atoms with Crippen molar-refractivity contribution in [3.05, 3.63) is 28.8 Å². The predicted octanol–water partition coefficient (Wildman–Crippen LogP) is 2.22. The Labute approximate surface area is 121 Å². The second-order valence-electron chi connectivity index (χ2n) is 5.51. The molecule has 1 fully saturated rings. The highest BCUT2D eigenvalue weighted by Crippen LogP contribution is 2.23. The van der Waals surface area contributed by atoms with Gasteiger partial charge in [-0.05, 0) is 70.0 Å². The molecule has 0 bridgehead atoms. The van der Waals surface area contributed by atoms with Gasteiger partial charge in [-0.3, -0.25) is 4.79 Å². The third kappa shape index (κ3) is 3.51. The minimum atomic E-state index is 0.0153. The van der Waals surface area contributed by atoms with Crippen LogP contribution in [0.4, 0.5) is 5.69 Å². The number of amides is 1. The quantitative estimate of drug-likeness (QED) is 0.790. The second-order valence-corrected chi connectivity index (χ2v) is 5.51. The normalized spacial score (nSPS) is 15.9. The molecular formula is C16H25N3O. The monoisotopic (exact) mass is 275 g/mol. The number of carbonyl (C=O) groups is 1. The first-order valence-electron chi connectivity index (χ1n) is 7.48. The van der Waals surface area contributed by atoms with Gasteiger partial charge in [-0.15, -0.1) is 0 Å². The van der Waals surface area contributed by atoms with E-state index in [0.717, 1.165) is 48.3 Å². The molecule has 1 aliphatic heterocycles. The van der Waals surface area contributed by atoms with Crippen LogP contribution in [0.1, 0.15) is 41.3 Å². The molecule has 4 nitrogen and oxygen atoms in total. The maximum absolute atomic E-state index is 12.0. The van der Waals surface area contributed by atoms with E-state index in [4.69, 9.17) is 0 Å². The van der Waals surface area contributed by atoms with Crippen LogP contribution in [-0.2, 0) is 0 Å². The van der Waals surface area contributed by atoms with Crippen molar-refractivity contribution in [1.29, 1.82) is 0 Å². The lowest BCUT2D eigenvalue weighted by atomic mass is 10.0. The molecule has 1 saturated heterocycles. The molecule has 3 N–H and O–H groups in total. The first kappa shape index (κ1) is 14.9. The maximum atomic E-state index is 12.0. The van der Waals surface area contributed by atoms with Crippen molar-refractivity contribution in [2.24, 2.45) is 0 Å². The number of hydrogen-bond acceptors (Lipinski definition) is 3. The van der Waals surface area contributed by atoms with E-state index in [0.29, 0.717) is 12.6 Å². The minimum absolute atomic E-state index is 0.0153. The summed E-state index contributed by atoms with van der Waals surface area (Å²) in [5.74, 6) is 0.0153. The van der Waals surface area contributed by atoms with E-state index >= 15 is 0 Å². The molecule has 0 spiro atoms. The summed E-state index contributed by atoms with van der Waals surface area (Å²) in [5.41, 5.74) is 4.09. The fourth-order valence-corrected chi connectivity index (χ4v) is 2.66. The third-order valence-corrected chi connectivity index (χ3v) is 3.85. The fraction of sp³-hybridized carbons (Fsp3) is 0.562. The van der Waals surface area contributed by atoms with Crippen molar-refractivity contribution in [3.63, 3.8) is 0 Å². The number of carbonyl (C=O) groups excluding carboxylic acids is 1. The fourth-order valence-electron chi connectivity index (χ4n) is 2.66. The SMILES string of the molecule is CCNC(=O)c1cc(C)c(NC2CCNCC2)cc1C. The smallest absolute Gasteiger partial charge is 0.251 e. The van der Waals surface area contributed by atoms with Crippen LogP contribution in [0.25, 0.3) is 0 Å². The summed E-state index contributed by atoms with van der Waals surface area (Å²) in [5, 5.41) is 9.85. The van der Waals surface area contributed by atoms with Crippen molar-refractivity contribution in [1.82, 2.24) is 10.6 Å². The number of rotatable bonds is 4. The van der Waals surface area contributed by atoms with Crippen LogP contribution >= 0.6 is 0 Å². The van der Waals surface area contributed by atoms with Crippen LogP contribution < -0.4 is 16.0 Å². The van der Waals surface area contributed by atoms with E-state index in [1.54, 1.807) is 0 Å². The highest BCUT2D eigenvalue weighted by molar-refractivity contribution is 5.96.